The number of carbonyl (C=O) groups is 2. The molecule has 0 rings (SSSR count). The number of hydrogen-bond acceptors (Lipinski definition) is 3. The Hall–Kier alpha value is 0.01000. The highest BCUT2D eigenvalue weighted by Gasteiger charge is 2.30. The summed E-state index contributed by atoms with van der Waals surface area (Å²) in [4.78, 5) is 21.0. The van der Waals surface area contributed by atoms with E-state index in [1.165, 1.54) is 6.92 Å². The second-order valence-corrected chi connectivity index (χ2v) is 3.76. The smallest absolute Gasteiger partial charge is 0.349 e. The van der Waals surface area contributed by atoms with Crippen LogP contribution in [0.25, 0.3) is 0 Å². The fourth-order valence-corrected chi connectivity index (χ4v) is 0.352. The molecule has 0 amide bonds. The molecule has 0 saturated carbocycles. The van der Waals surface area contributed by atoms with E-state index < -0.39 is 22.2 Å². The molecule has 0 aliphatic heterocycles. The largest absolute Gasteiger partial charge is 0.390 e. The van der Waals surface area contributed by atoms with Crippen LogP contribution in [0.1, 0.15) is 6.92 Å². The van der Waals surface area contributed by atoms with Crippen molar-refractivity contribution in [3.8, 4) is 0 Å². The zero-order valence-electron chi connectivity index (χ0n) is 5.57. The van der Waals surface area contributed by atoms with Gasteiger partial charge in [0.05, 0.1) is 0 Å². The minimum atomic E-state index is -1.71. The van der Waals surface area contributed by atoms with Crippen LogP contribution in [0.2, 0.25) is 0 Å². The molecule has 0 aliphatic rings. The molecule has 0 N–H and O–H groups in total. The van der Waals surface area contributed by atoms with E-state index in [4.69, 9.17) is 34.8 Å². The van der Waals surface area contributed by atoms with Gasteiger partial charge in [0.2, 0.25) is 4.33 Å². The van der Waals surface area contributed by atoms with Crippen LogP contribution in [-0.4, -0.2) is 22.2 Å². The second kappa shape index (κ2) is 4.14. The molecule has 0 fully saturated rings. The summed E-state index contributed by atoms with van der Waals surface area (Å²) in [7, 11) is 0. The monoisotopic (exact) mass is 218 g/mol. The lowest BCUT2D eigenvalue weighted by atomic mass is 10.5. The molecule has 0 atom stereocenters. The van der Waals surface area contributed by atoms with E-state index in [0.717, 1.165) is 0 Å². The molecule has 0 aromatic rings. The lowest BCUT2D eigenvalue weighted by Gasteiger charge is -2.09. The van der Waals surface area contributed by atoms with Gasteiger partial charge in [-0.2, -0.15) is 0 Å². The Morgan fingerprint density at radius 3 is 2.18 bits per heavy atom. The van der Waals surface area contributed by atoms with Gasteiger partial charge in [-0.3, -0.25) is 4.79 Å². The zero-order valence-corrected chi connectivity index (χ0v) is 7.83. The van der Waals surface area contributed by atoms with Gasteiger partial charge in [0.25, 0.3) is 0 Å². The zero-order chi connectivity index (χ0) is 9.07. The van der Waals surface area contributed by atoms with Gasteiger partial charge in [0.1, 0.15) is 5.88 Å². The molecule has 0 aromatic carbocycles. The number of esters is 2. The Morgan fingerprint density at radius 1 is 1.45 bits per heavy atom. The molecular formula is C5H5Cl3O3. The Labute approximate surface area is 78.5 Å². The summed E-state index contributed by atoms with van der Waals surface area (Å²) in [6.07, 6.45) is 0. The third kappa shape index (κ3) is 4.45. The summed E-state index contributed by atoms with van der Waals surface area (Å²) < 4.78 is 2.38. The van der Waals surface area contributed by atoms with Gasteiger partial charge >= 0.3 is 11.9 Å². The normalized spacial score (nSPS) is 10.9. The molecule has 6 heteroatoms. The van der Waals surface area contributed by atoms with Gasteiger partial charge in [0, 0.05) is 0 Å². The number of rotatable bonds is 2. The van der Waals surface area contributed by atoms with Crippen molar-refractivity contribution in [1.29, 1.82) is 0 Å². The highest BCUT2D eigenvalue weighted by atomic mass is 35.5. The van der Waals surface area contributed by atoms with Crippen LogP contribution >= 0.6 is 34.8 Å². The topological polar surface area (TPSA) is 43.4 Å². The fourth-order valence-electron chi connectivity index (χ4n) is 0.220. The molecule has 0 heterocycles. The van der Waals surface area contributed by atoms with Crippen molar-refractivity contribution >= 4 is 46.7 Å². The van der Waals surface area contributed by atoms with Crippen molar-refractivity contribution in [3.63, 3.8) is 0 Å². The average Bonchev–Trinajstić information content (AvgIpc) is 1.85. The first kappa shape index (κ1) is 11.0. The molecular weight excluding hydrogens is 214 g/mol. The van der Waals surface area contributed by atoms with Crippen molar-refractivity contribution in [3.05, 3.63) is 0 Å². The van der Waals surface area contributed by atoms with Crippen LogP contribution in [0.15, 0.2) is 0 Å². The minimum absolute atomic E-state index is 0.407. The molecule has 0 unspecified atom stereocenters. The maximum atomic E-state index is 10.7. The number of carbonyl (C=O) groups excluding carboxylic acids is 2. The Balaban J connectivity index is 3.99. The third-order valence-corrected chi connectivity index (χ3v) is 1.20. The standard InChI is InChI=1S/C5H5Cl3O3/c1-5(7,8)4(10)11-3(9)2-6/h2H2,1H3. The van der Waals surface area contributed by atoms with Crippen molar-refractivity contribution in [2.45, 2.75) is 11.3 Å². The van der Waals surface area contributed by atoms with Crippen molar-refractivity contribution in [2.24, 2.45) is 0 Å². The quantitative estimate of drug-likeness (QED) is 0.401. The van der Waals surface area contributed by atoms with Gasteiger partial charge < -0.3 is 4.74 Å². The first-order valence-corrected chi connectivity index (χ1v) is 3.86. The summed E-state index contributed by atoms with van der Waals surface area (Å²) in [5, 5.41) is 0. The van der Waals surface area contributed by atoms with Gasteiger partial charge in [0.15, 0.2) is 0 Å². The Morgan fingerprint density at radius 2 is 1.91 bits per heavy atom. The Kier molecular flexibility index (Phi) is 4.14. The first-order valence-electron chi connectivity index (χ1n) is 2.57. The van der Waals surface area contributed by atoms with E-state index in [9.17, 15) is 9.59 Å². The van der Waals surface area contributed by atoms with E-state index in [1.54, 1.807) is 0 Å². The predicted molar refractivity (Wildman–Crippen MR) is 41.9 cm³/mol. The van der Waals surface area contributed by atoms with E-state index in [1.807, 2.05) is 0 Å². The van der Waals surface area contributed by atoms with Crippen LogP contribution in [0.5, 0.6) is 0 Å². The van der Waals surface area contributed by atoms with E-state index >= 15 is 0 Å². The maximum Gasteiger partial charge on any atom is 0.349 e. The summed E-state index contributed by atoms with van der Waals surface area (Å²) in [6.45, 7) is 1.19. The summed E-state index contributed by atoms with van der Waals surface area (Å²) in [5.74, 6) is -2.30. The van der Waals surface area contributed by atoms with E-state index in [0.29, 0.717) is 0 Å². The van der Waals surface area contributed by atoms with Crippen LogP contribution in [0.4, 0.5) is 0 Å². The van der Waals surface area contributed by atoms with E-state index in [2.05, 4.69) is 4.74 Å². The first-order chi connectivity index (χ1) is 4.88. The second-order valence-electron chi connectivity index (χ2n) is 1.78. The van der Waals surface area contributed by atoms with Gasteiger partial charge in [-0.1, -0.05) is 23.2 Å². The predicted octanol–water partition coefficient (Wildman–Crippen LogP) is 1.49. The average molecular weight is 219 g/mol. The maximum absolute atomic E-state index is 10.7. The molecule has 0 bridgehead atoms. The van der Waals surface area contributed by atoms with Crippen LogP contribution in [0.3, 0.4) is 0 Å². The lowest BCUT2D eigenvalue weighted by molar-refractivity contribution is -0.158. The molecule has 3 nitrogen and oxygen atoms in total. The molecule has 0 radical (unpaired) electrons. The number of halogens is 3. The summed E-state index contributed by atoms with van der Waals surface area (Å²) in [5.41, 5.74) is 0. The molecule has 0 aromatic heterocycles. The van der Waals surface area contributed by atoms with Crippen molar-refractivity contribution in [1.82, 2.24) is 0 Å². The SMILES string of the molecule is CC(Cl)(Cl)C(=O)OC(=O)CCl. The molecule has 11 heavy (non-hydrogen) atoms. The molecule has 0 saturated heterocycles. The van der Waals surface area contributed by atoms with Crippen molar-refractivity contribution in [2.75, 3.05) is 5.88 Å². The van der Waals surface area contributed by atoms with Crippen LogP contribution < -0.4 is 0 Å². The van der Waals surface area contributed by atoms with E-state index in [-0.39, 0.29) is 0 Å². The molecule has 0 spiro atoms. The number of ether oxygens (including phenoxy) is 1. The third-order valence-electron chi connectivity index (χ3n) is 0.674. The van der Waals surface area contributed by atoms with Gasteiger partial charge in [-0.15, -0.1) is 11.6 Å². The lowest BCUT2D eigenvalue weighted by Crippen LogP contribution is -2.27. The van der Waals surface area contributed by atoms with Crippen LogP contribution in [-0.2, 0) is 14.3 Å². The summed E-state index contributed by atoms with van der Waals surface area (Å²) >= 11 is 15.6. The summed E-state index contributed by atoms with van der Waals surface area (Å²) in [6, 6.07) is 0. The van der Waals surface area contributed by atoms with Crippen LogP contribution in [0, 0.1) is 0 Å². The highest BCUT2D eigenvalue weighted by molar-refractivity contribution is 6.57. The van der Waals surface area contributed by atoms with Crippen molar-refractivity contribution < 1.29 is 14.3 Å². The number of alkyl halides is 3. The fraction of sp³-hybridized carbons (Fsp3) is 0.600. The minimum Gasteiger partial charge on any atom is -0.390 e. The van der Waals surface area contributed by atoms with Gasteiger partial charge in [-0.05, 0) is 6.92 Å². The number of hydrogen-bond donors (Lipinski definition) is 0. The molecule has 0 aliphatic carbocycles. The Bertz CT molecular complexity index is 172. The van der Waals surface area contributed by atoms with Gasteiger partial charge in [-0.25, -0.2) is 4.79 Å². The highest BCUT2D eigenvalue weighted by Crippen LogP contribution is 2.21. The molecule has 64 valence electrons.